The molecular formula is C16H23N5O2S. The molecule has 2 rings (SSSR count). The van der Waals surface area contributed by atoms with E-state index in [-0.39, 0.29) is 16.7 Å². The third-order valence-electron chi connectivity index (χ3n) is 3.37. The molecule has 0 bridgehead atoms. The van der Waals surface area contributed by atoms with Gasteiger partial charge in [0.1, 0.15) is 5.75 Å². The Hall–Kier alpha value is -2.09. The summed E-state index contributed by atoms with van der Waals surface area (Å²) >= 11 is 1.34. The Bertz CT molecular complexity index is 696. The van der Waals surface area contributed by atoms with Crippen LogP contribution in [0.3, 0.4) is 0 Å². The lowest BCUT2D eigenvalue weighted by Gasteiger charge is -2.20. The van der Waals surface area contributed by atoms with Gasteiger partial charge in [-0.3, -0.25) is 4.79 Å². The van der Waals surface area contributed by atoms with Crippen LogP contribution in [-0.2, 0) is 16.9 Å². The highest BCUT2D eigenvalue weighted by Crippen LogP contribution is 2.25. The van der Waals surface area contributed by atoms with Gasteiger partial charge in [-0.15, -0.1) is 5.10 Å². The number of tetrazole rings is 1. The molecule has 0 saturated carbocycles. The van der Waals surface area contributed by atoms with Crippen molar-refractivity contribution in [1.29, 1.82) is 0 Å². The fourth-order valence-corrected chi connectivity index (χ4v) is 3.06. The maximum atomic E-state index is 12.4. The molecule has 1 aromatic carbocycles. The molecule has 1 N–H and O–H groups in total. The number of amides is 1. The SMILES string of the molecule is COc1ccccc1CNC(=O)C(C)Sc1nnnn1C(C)(C)C. The summed E-state index contributed by atoms with van der Waals surface area (Å²) in [6, 6.07) is 7.61. The van der Waals surface area contributed by atoms with Crippen molar-refractivity contribution in [1.82, 2.24) is 25.5 Å². The van der Waals surface area contributed by atoms with Crippen molar-refractivity contribution < 1.29 is 9.53 Å². The molecule has 24 heavy (non-hydrogen) atoms. The molecule has 1 unspecified atom stereocenters. The van der Waals surface area contributed by atoms with Gasteiger partial charge in [-0.25, -0.2) is 4.68 Å². The number of methoxy groups -OCH3 is 1. The fraction of sp³-hybridized carbons (Fsp3) is 0.500. The standard InChI is InChI=1S/C16H23N5O2S/c1-11(24-15-18-19-20-21(15)16(2,3)4)14(22)17-10-12-8-6-7-9-13(12)23-5/h6-9,11H,10H2,1-5H3,(H,17,22). The highest BCUT2D eigenvalue weighted by molar-refractivity contribution is 8.00. The van der Waals surface area contributed by atoms with E-state index in [0.29, 0.717) is 11.7 Å². The number of carbonyl (C=O) groups is 1. The first-order valence-corrected chi connectivity index (χ1v) is 8.56. The molecule has 1 heterocycles. The lowest BCUT2D eigenvalue weighted by molar-refractivity contribution is -0.120. The summed E-state index contributed by atoms with van der Waals surface area (Å²) in [6.45, 7) is 8.29. The zero-order chi connectivity index (χ0) is 17.7. The number of rotatable bonds is 6. The van der Waals surface area contributed by atoms with Crippen LogP contribution in [0.2, 0.25) is 0 Å². The minimum atomic E-state index is -0.313. The van der Waals surface area contributed by atoms with Crippen molar-refractivity contribution in [3.63, 3.8) is 0 Å². The Balaban J connectivity index is 1.97. The number of nitrogens with one attached hydrogen (secondary N) is 1. The second-order valence-electron chi connectivity index (χ2n) is 6.33. The molecule has 2 aromatic rings. The molecular weight excluding hydrogens is 326 g/mol. The number of thioether (sulfide) groups is 1. The van der Waals surface area contributed by atoms with Gasteiger partial charge in [-0.2, -0.15) is 0 Å². The lowest BCUT2D eigenvalue weighted by atomic mass is 10.1. The van der Waals surface area contributed by atoms with Crippen LogP contribution >= 0.6 is 11.8 Å². The summed E-state index contributed by atoms with van der Waals surface area (Å²) < 4.78 is 7.01. The molecule has 7 nitrogen and oxygen atoms in total. The molecule has 130 valence electrons. The van der Waals surface area contributed by atoms with Crippen LogP contribution in [0.25, 0.3) is 0 Å². The van der Waals surface area contributed by atoms with E-state index in [1.807, 2.05) is 52.0 Å². The quantitative estimate of drug-likeness (QED) is 0.806. The summed E-state index contributed by atoms with van der Waals surface area (Å²) in [7, 11) is 1.62. The molecule has 0 spiro atoms. The number of benzene rings is 1. The number of nitrogens with zero attached hydrogens (tertiary/aromatic N) is 4. The number of hydrogen-bond acceptors (Lipinski definition) is 6. The van der Waals surface area contributed by atoms with E-state index in [2.05, 4.69) is 20.8 Å². The van der Waals surface area contributed by atoms with Gasteiger partial charge in [0.2, 0.25) is 11.1 Å². The molecule has 1 aromatic heterocycles. The average Bonchev–Trinajstić information content (AvgIpc) is 3.01. The predicted octanol–water partition coefficient (Wildman–Crippen LogP) is 2.23. The Morgan fingerprint density at radius 1 is 1.38 bits per heavy atom. The Kier molecular flexibility index (Phi) is 5.82. The molecule has 0 fully saturated rings. The van der Waals surface area contributed by atoms with Gasteiger partial charge in [-0.05, 0) is 44.2 Å². The van der Waals surface area contributed by atoms with E-state index < -0.39 is 0 Å². The zero-order valence-electron chi connectivity index (χ0n) is 14.6. The first kappa shape index (κ1) is 18.3. The van der Waals surface area contributed by atoms with E-state index in [0.717, 1.165) is 11.3 Å². The lowest BCUT2D eigenvalue weighted by Crippen LogP contribution is -2.31. The van der Waals surface area contributed by atoms with Gasteiger partial charge in [0.15, 0.2) is 0 Å². The molecule has 0 aliphatic rings. The first-order chi connectivity index (χ1) is 11.3. The molecule has 1 atom stereocenters. The van der Waals surface area contributed by atoms with Gasteiger partial charge in [0.05, 0.1) is 17.9 Å². The van der Waals surface area contributed by atoms with Gasteiger partial charge in [0.25, 0.3) is 0 Å². The number of aromatic nitrogens is 4. The summed E-state index contributed by atoms with van der Waals surface area (Å²) in [6.07, 6.45) is 0. The van der Waals surface area contributed by atoms with Crippen LogP contribution in [0.5, 0.6) is 5.75 Å². The van der Waals surface area contributed by atoms with Crippen LogP contribution in [0.1, 0.15) is 33.3 Å². The monoisotopic (exact) mass is 349 g/mol. The summed E-state index contributed by atoms with van der Waals surface area (Å²) in [4.78, 5) is 12.4. The highest BCUT2D eigenvalue weighted by atomic mass is 32.2. The topological polar surface area (TPSA) is 81.9 Å². The van der Waals surface area contributed by atoms with Crippen molar-refractivity contribution in [2.75, 3.05) is 7.11 Å². The van der Waals surface area contributed by atoms with E-state index in [9.17, 15) is 4.79 Å². The normalized spacial score (nSPS) is 12.7. The van der Waals surface area contributed by atoms with Crippen LogP contribution in [0.4, 0.5) is 0 Å². The third-order valence-corrected chi connectivity index (χ3v) is 4.41. The van der Waals surface area contributed by atoms with Gasteiger partial charge >= 0.3 is 0 Å². The van der Waals surface area contributed by atoms with Gasteiger partial charge in [0, 0.05) is 12.1 Å². The molecule has 0 aliphatic carbocycles. The number of ether oxygens (including phenoxy) is 1. The minimum Gasteiger partial charge on any atom is -0.496 e. The first-order valence-electron chi connectivity index (χ1n) is 7.68. The van der Waals surface area contributed by atoms with Crippen LogP contribution in [-0.4, -0.2) is 38.5 Å². The predicted molar refractivity (Wildman–Crippen MR) is 93.0 cm³/mol. The van der Waals surface area contributed by atoms with Crippen LogP contribution in [0, 0.1) is 0 Å². The van der Waals surface area contributed by atoms with Crippen molar-refractivity contribution >= 4 is 17.7 Å². The zero-order valence-corrected chi connectivity index (χ0v) is 15.4. The molecule has 8 heteroatoms. The van der Waals surface area contributed by atoms with Crippen molar-refractivity contribution in [2.45, 2.75) is 50.2 Å². The summed E-state index contributed by atoms with van der Waals surface area (Å²) in [5.74, 6) is 0.684. The van der Waals surface area contributed by atoms with E-state index in [1.54, 1.807) is 11.8 Å². The number of para-hydroxylation sites is 1. The van der Waals surface area contributed by atoms with Gasteiger partial charge < -0.3 is 10.1 Å². The largest absolute Gasteiger partial charge is 0.496 e. The van der Waals surface area contributed by atoms with Crippen molar-refractivity contribution in [3.05, 3.63) is 29.8 Å². The molecule has 0 radical (unpaired) electrons. The Morgan fingerprint density at radius 3 is 2.75 bits per heavy atom. The summed E-state index contributed by atoms with van der Waals surface area (Å²) in [5.41, 5.74) is 0.699. The van der Waals surface area contributed by atoms with Crippen LogP contribution in [0.15, 0.2) is 29.4 Å². The molecule has 0 saturated heterocycles. The molecule has 0 aliphatic heterocycles. The maximum absolute atomic E-state index is 12.4. The van der Waals surface area contributed by atoms with Gasteiger partial charge in [-0.1, -0.05) is 30.0 Å². The average molecular weight is 349 g/mol. The van der Waals surface area contributed by atoms with E-state index in [4.69, 9.17) is 4.74 Å². The second-order valence-corrected chi connectivity index (χ2v) is 7.64. The highest BCUT2D eigenvalue weighted by Gasteiger charge is 2.24. The maximum Gasteiger partial charge on any atom is 0.233 e. The van der Waals surface area contributed by atoms with Crippen LogP contribution < -0.4 is 10.1 Å². The van der Waals surface area contributed by atoms with Crippen molar-refractivity contribution in [2.24, 2.45) is 0 Å². The fourth-order valence-electron chi connectivity index (χ4n) is 2.06. The second kappa shape index (κ2) is 7.65. The molecule has 1 amide bonds. The van der Waals surface area contributed by atoms with Crippen molar-refractivity contribution in [3.8, 4) is 5.75 Å². The minimum absolute atomic E-state index is 0.0747. The number of hydrogen-bond donors (Lipinski definition) is 1. The Morgan fingerprint density at radius 2 is 2.08 bits per heavy atom. The summed E-state index contributed by atoms with van der Waals surface area (Å²) in [5, 5.41) is 15.0. The van der Waals surface area contributed by atoms with E-state index in [1.165, 1.54) is 11.8 Å². The van der Waals surface area contributed by atoms with E-state index >= 15 is 0 Å². The smallest absolute Gasteiger partial charge is 0.233 e. The Labute approximate surface area is 146 Å². The third kappa shape index (κ3) is 4.47. The number of carbonyl (C=O) groups excluding carboxylic acids is 1.